The maximum absolute atomic E-state index is 10.4. The largest absolute Gasteiger partial charge is 0.497 e. The number of nitrogens with zero attached hydrogens (tertiary/aromatic N) is 3. The van der Waals surface area contributed by atoms with Gasteiger partial charge in [0.1, 0.15) is 0 Å². The molecule has 3 N–H and O–H groups in total. The van der Waals surface area contributed by atoms with E-state index in [9.17, 15) is 30.3 Å². The summed E-state index contributed by atoms with van der Waals surface area (Å²) in [6.07, 6.45) is 5.22. The van der Waals surface area contributed by atoms with E-state index in [2.05, 4.69) is 66.0 Å². The van der Waals surface area contributed by atoms with Crippen LogP contribution in [0.3, 0.4) is 0 Å². The van der Waals surface area contributed by atoms with Crippen LogP contribution in [0.5, 0.6) is 5.75 Å². The van der Waals surface area contributed by atoms with Crippen molar-refractivity contribution in [2.24, 2.45) is 22.7 Å². The molecule has 1 aromatic rings. The Labute approximate surface area is 226 Å². The van der Waals surface area contributed by atoms with E-state index < -0.39 is 37.6 Å². The first-order valence-corrected chi connectivity index (χ1v) is 13.1. The summed E-state index contributed by atoms with van der Waals surface area (Å²) < 4.78 is 0. The van der Waals surface area contributed by atoms with E-state index in [-0.39, 0.29) is 0 Å². The third kappa shape index (κ3) is 16.1. The molecule has 0 aliphatic heterocycles. The zero-order chi connectivity index (χ0) is 29.7. The van der Waals surface area contributed by atoms with Gasteiger partial charge in [0.15, 0.2) is 0 Å². The molecule has 0 fully saturated rings. The molecule has 0 spiro atoms. The molecule has 0 bridgehead atoms. The van der Waals surface area contributed by atoms with Crippen molar-refractivity contribution in [3.05, 3.63) is 42.5 Å². The molecule has 12 heteroatoms. The van der Waals surface area contributed by atoms with Gasteiger partial charge in [-0.1, -0.05) is 55.4 Å². The highest BCUT2D eigenvalue weighted by Crippen LogP contribution is 2.39. The Morgan fingerprint density at radius 2 is 1.05 bits per heavy atom. The van der Waals surface area contributed by atoms with E-state index >= 15 is 0 Å². The second kappa shape index (κ2) is 16.2. The van der Waals surface area contributed by atoms with E-state index in [1.165, 1.54) is 25.7 Å². The molecule has 2 unspecified atom stereocenters. The minimum absolute atomic E-state index is 0.447. The van der Waals surface area contributed by atoms with Gasteiger partial charge in [-0.2, -0.15) is 0 Å². The fourth-order valence-corrected chi connectivity index (χ4v) is 4.39. The summed E-state index contributed by atoms with van der Waals surface area (Å²) in [4.78, 5) is 27.8. The first-order chi connectivity index (χ1) is 17.3. The molecule has 0 heterocycles. The van der Waals surface area contributed by atoms with Crippen molar-refractivity contribution in [2.45, 2.75) is 81.1 Å². The Balaban J connectivity index is 0.000000755. The lowest BCUT2D eigenvalue weighted by molar-refractivity contribution is -0.404. The lowest BCUT2D eigenvalue weighted by atomic mass is 9.84. The quantitative estimate of drug-likeness (QED) is 0.140. The first-order valence-electron chi connectivity index (χ1n) is 13.1. The number of benzene rings is 1. The highest BCUT2D eigenvalue weighted by atomic mass is 16.6. The summed E-state index contributed by atoms with van der Waals surface area (Å²) in [7, 11) is 0. The smallest absolute Gasteiger partial charge is 0.324 e. The van der Waals surface area contributed by atoms with E-state index in [0.29, 0.717) is 23.0 Å². The topological polar surface area (TPSA) is 174 Å². The van der Waals surface area contributed by atoms with Crippen LogP contribution in [-0.4, -0.2) is 46.1 Å². The van der Waals surface area contributed by atoms with Crippen molar-refractivity contribution in [1.82, 2.24) is 10.6 Å². The van der Waals surface area contributed by atoms with Gasteiger partial charge < -0.3 is 15.7 Å². The van der Waals surface area contributed by atoms with E-state index in [1.807, 2.05) is 0 Å². The number of hydrogen-bond acceptors (Lipinski definition) is 9. The summed E-state index contributed by atoms with van der Waals surface area (Å²) in [5.74, 6) is 0.429. The number of nitrogens with one attached hydrogen (secondary N) is 2. The second-order valence-corrected chi connectivity index (χ2v) is 12.4. The van der Waals surface area contributed by atoms with Crippen molar-refractivity contribution >= 4 is 17.1 Å². The fourth-order valence-electron chi connectivity index (χ4n) is 4.39. The van der Waals surface area contributed by atoms with Gasteiger partial charge >= 0.3 is 11.4 Å². The van der Waals surface area contributed by atoms with Crippen molar-refractivity contribution in [3.63, 3.8) is 0 Å². The molecule has 0 aliphatic rings. The highest BCUT2D eigenvalue weighted by Gasteiger charge is 2.30. The maximum Gasteiger partial charge on any atom is 0.324 e. The molecule has 1 aromatic carbocycles. The fraction of sp³-hybridized carbons (Fsp3) is 0.769. The van der Waals surface area contributed by atoms with Gasteiger partial charge in [-0.05, 0) is 61.4 Å². The van der Waals surface area contributed by atoms with Crippen LogP contribution in [0.15, 0.2) is 12.1 Å². The Morgan fingerprint density at radius 3 is 1.32 bits per heavy atom. The molecular formula is C26H47N5O7. The van der Waals surface area contributed by atoms with E-state index in [4.69, 9.17) is 5.11 Å². The summed E-state index contributed by atoms with van der Waals surface area (Å²) >= 11 is 0. The van der Waals surface area contributed by atoms with Gasteiger partial charge in [0.25, 0.3) is 11.4 Å². The summed E-state index contributed by atoms with van der Waals surface area (Å²) in [5, 5.41) is 47.3. The van der Waals surface area contributed by atoms with Crippen LogP contribution in [0.1, 0.15) is 81.1 Å². The lowest BCUT2D eigenvalue weighted by Gasteiger charge is -2.23. The lowest BCUT2D eigenvalue weighted by Crippen LogP contribution is -2.30. The molecule has 0 saturated carbocycles. The van der Waals surface area contributed by atoms with Gasteiger partial charge in [-0.3, -0.25) is 30.3 Å². The number of nitro benzene ring substituents is 3. The molecule has 218 valence electrons. The number of nitro groups is 3. The first kappa shape index (κ1) is 35.1. The van der Waals surface area contributed by atoms with Crippen LogP contribution >= 0.6 is 0 Å². The van der Waals surface area contributed by atoms with Gasteiger partial charge in [-0.25, -0.2) is 0 Å². The van der Waals surface area contributed by atoms with Crippen LogP contribution in [0, 0.1) is 53.0 Å². The highest BCUT2D eigenvalue weighted by molar-refractivity contribution is 5.64. The number of phenols is 1. The average Bonchev–Trinajstić information content (AvgIpc) is 2.73. The van der Waals surface area contributed by atoms with Gasteiger partial charge in [-0.15, -0.1) is 0 Å². The standard InChI is InChI=1S/C20H44N2.C6H3N3O7/c1-17(15-19(3,4)5)9-11-21-13-14-22-12-10-18(2)16-20(6,7)8;10-6-4(8(13)14)1-3(7(11)12)2-5(6)9(15)16/h17-18,21-22H,9-16H2,1-8H3;1-2,10H. The zero-order valence-electron chi connectivity index (χ0n) is 24.2. The van der Waals surface area contributed by atoms with Gasteiger partial charge in [0, 0.05) is 13.1 Å². The van der Waals surface area contributed by atoms with Crippen LogP contribution in [0.4, 0.5) is 17.1 Å². The minimum Gasteiger partial charge on any atom is -0.497 e. The molecule has 0 saturated heterocycles. The van der Waals surface area contributed by atoms with Crippen LogP contribution in [-0.2, 0) is 0 Å². The molecular weight excluding hydrogens is 494 g/mol. The molecule has 0 radical (unpaired) electrons. The molecule has 0 aromatic heterocycles. The normalized spacial score (nSPS) is 13.3. The third-order valence-electron chi connectivity index (χ3n) is 5.69. The van der Waals surface area contributed by atoms with Crippen molar-refractivity contribution < 1.29 is 19.9 Å². The Bertz CT molecular complexity index is 847. The number of non-ortho nitro benzene ring substituents is 1. The number of phenolic OH excluding ortho intramolecular Hbond substituents is 1. The molecule has 12 nitrogen and oxygen atoms in total. The Hall–Kier alpha value is -2.86. The van der Waals surface area contributed by atoms with Crippen molar-refractivity contribution in [3.8, 4) is 5.75 Å². The third-order valence-corrected chi connectivity index (χ3v) is 5.69. The average molecular weight is 542 g/mol. The van der Waals surface area contributed by atoms with Crippen molar-refractivity contribution in [1.29, 1.82) is 0 Å². The molecule has 0 amide bonds. The monoisotopic (exact) mass is 541 g/mol. The Kier molecular flexibility index (Phi) is 15.0. The van der Waals surface area contributed by atoms with Crippen LogP contribution < -0.4 is 10.6 Å². The van der Waals surface area contributed by atoms with Crippen LogP contribution in [0.2, 0.25) is 0 Å². The Morgan fingerprint density at radius 1 is 0.711 bits per heavy atom. The maximum atomic E-state index is 10.4. The SMILES string of the molecule is CC(CCNCCNCCC(C)CC(C)(C)C)CC(C)(C)C.O=[N+]([O-])c1cc([N+](=O)[O-])c(O)c([N+](=O)[O-])c1. The molecule has 38 heavy (non-hydrogen) atoms. The van der Waals surface area contributed by atoms with E-state index in [0.717, 1.165) is 38.0 Å². The predicted molar refractivity (Wildman–Crippen MR) is 150 cm³/mol. The zero-order valence-corrected chi connectivity index (χ0v) is 24.2. The predicted octanol–water partition coefficient (Wildman–Crippen LogP) is 6.21. The van der Waals surface area contributed by atoms with Gasteiger partial charge in [0.2, 0.25) is 0 Å². The van der Waals surface area contributed by atoms with Crippen LogP contribution in [0.25, 0.3) is 0 Å². The van der Waals surface area contributed by atoms with Gasteiger partial charge in [0.05, 0.1) is 26.9 Å². The number of aromatic hydroxyl groups is 1. The minimum atomic E-state index is -1.21. The second-order valence-electron chi connectivity index (χ2n) is 12.4. The molecule has 0 aliphatic carbocycles. The summed E-state index contributed by atoms with van der Waals surface area (Å²) in [6.45, 7) is 23.3. The molecule has 1 rings (SSSR count). The van der Waals surface area contributed by atoms with Crippen molar-refractivity contribution in [2.75, 3.05) is 26.2 Å². The summed E-state index contributed by atoms with van der Waals surface area (Å²) in [5.41, 5.74) is -2.08. The summed E-state index contributed by atoms with van der Waals surface area (Å²) in [6, 6.07) is 0.894. The number of rotatable bonds is 14. The van der Waals surface area contributed by atoms with E-state index in [1.54, 1.807) is 0 Å². The molecule has 2 atom stereocenters. The number of hydrogen-bond donors (Lipinski definition) is 3.